The van der Waals surface area contributed by atoms with E-state index in [2.05, 4.69) is 4.98 Å². The number of phenols is 1. The van der Waals surface area contributed by atoms with Crippen LogP contribution in [-0.4, -0.2) is 21.3 Å². The number of benzene rings is 2. The largest absolute Gasteiger partial charge is 0.506 e. The number of rotatable bonds is 3. The molecule has 0 spiro atoms. The number of hydrogen-bond acceptors (Lipinski definition) is 3. The maximum Gasteiger partial charge on any atom is 0.412 e. The second kappa shape index (κ2) is 6.91. The van der Waals surface area contributed by atoms with E-state index in [4.69, 9.17) is 0 Å². The van der Waals surface area contributed by atoms with Gasteiger partial charge in [0.25, 0.3) is 0 Å². The molecule has 2 N–H and O–H groups in total. The van der Waals surface area contributed by atoms with Crippen LogP contribution >= 0.6 is 0 Å². The summed E-state index contributed by atoms with van der Waals surface area (Å²) in [6, 6.07) is 14.6. The fraction of sp³-hybridized carbons (Fsp3) is 0.273. The molecule has 27 heavy (non-hydrogen) atoms. The molecule has 0 atom stereocenters. The highest BCUT2D eigenvalue weighted by Crippen LogP contribution is 2.34. The average molecular weight is 364 g/mol. The number of amides is 1. The van der Waals surface area contributed by atoms with E-state index < -0.39 is 6.09 Å². The Morgan fingerprint density at radius 1 is 1.04 bits per heavy atom. The number of aryl methyl sites for hydroxylation is 1. The Labute approximate surface area is 158 Å². The monoisotopic (exact) mass is 364 g/mol. The highest BCUT2D eigenvalue weighted by atomic mass is 16.4. The first-order chi connectivity index (χ1) is 12.7. The molecule has 0 saturated carbocycles. The van der Waals surface area contributed by atoms with E-state index in [-0.39, 0.29) is 17.7 Å². The van der Waals surface area contributed by atoms with Crippen LogP contribution in [0.5, 0.6) is 5.75 Å². The molecule has 0 aliphatic carbocycles. The highest BCUT2D eigenvalue weighted by molar-refractivity contribution is 6.01. The molecule has 0 fully saturated rings. The predicted molar refractivity (Wildman–Crippen MR) is 107 cm³/mol. The molecule has 0 aliphatic heterocycles. The third-order valence-electron chi connectivity index (χ3n) is 4.56. The lowest BCUT2D eigenvalue weighted by molar-refractivity contribution is 0.201. The molecule has 1 amide bonds. The Kier molecular flexibility index (Phi) is 4.79. The molecule has 5 heteroatoms. The standard InChI is InChI=1S/C22H24N2O3/c1-14-5-7-15(8-6-14)13-24(21(26)27)17-10-11-18(25)20-16(17)9-12-19(23-20)22(2,3)4/h5-12,25H,13H2,1-4H3,(H,26,27). The lowest BCUT2D eigenvalue weighted by Gasteiger charge is -2.23. The van der Waals surface area contributed by atoms with Crippen LogP contribution in [-0.2, 0) is 12.0 Å². The van der Waals surface area contributed by atoms with Crippen molar-refractivity contribution in [1.29, 1.82) is 0 Å². The van der Waals surface area contributed by atoms with Crippen LogP contribution in [0.2, 0.25) is 0 Å². The minimum absolute atomic E-state index is 0.0422. The smallest absolute Gasteiger partial charge is 0.412 e. The summed E-state index contributed by atoms with van der Waals surface area (Å²) in [6.45, 7) is 8.34. The van der Waals surface area contributed by atoms with Crippen LogP contribution in [0.4, 0.5) is 10.5 Å². The molecule has 0 radical (unpaired) electrons. The summed E-state index contributed by atoms with van der Waals surface area (Å²) in [4.78, 5) is 17.8. The van der Waals surface area contributed by atoms with Gasteiger partial charge in [0.2, 0.25) is 0 Å². The fourth-order valence-corrected chi connectivity index (χ4v) is 2.97. The van der Waals surface area contributed by atoms with Gasteiger partial charge in [-0.05, 0) is 36.8 Å². The number of carbonyl (C=O) groups is 1. The quantitative estimate of drug-likeness (QED) is 0.667. The third-order valence-corrected chi connectivity index (χ3v) is 4.56. The van der Waals surface area contributed by atoms with Gasteiger partial charge in [-0.3, -0.25) is 4.90 Å². The minimum atomic E-state index is -1.05. The van der Waals surface area contributed by atoms with Crippen molar-refractivity contribution in [3.05, 3.63) is 65.4 Å². The van der Waals surface area contributed by atoms with E-state index >= 15 is 0 Å². The van der Waals surface area contributed by atoms with Crippen molar-refractivity contribution >= 4 is 22.7 Å². The normalized spacial score (nSPS) is 11.6. The Bertz CT molecular complexity index is 989. The first-order valence-corrected chi connectivity index (χ1v) is 8.86. The van der Waals surface area contributed by atoms with Gasteiger partial charge in [-0.15, -0.1) is 0 Å². The second-order valence-electron chi connectivity index (χ2n) is 7.80. The van der Waals surface area contributed by atoms with Gasteiger partial charge in [0, 0.05) is 16.5 Å². The van der Waals surface area contributed by atoms with Crippen molar-refractivity contribution in [2.45, 2.75) is 39.7 Å². The molecule has 3 rings (SSSR count). The molecule has 140 valence electrons. The maximum absolute atomic E-state index is 12.0. The highest BCUT2D eigenvalue weighted by Gasteiger charge is 2.21. The molecular weight excluding hydrogens is 340 g/mol. The molecule has 3 aromatic rings. The summed E-state index contributed by atoms with van der Waals surface area (Å²) in [7, 11) is 0. The van der Waals surface area contributed by atoms with Gasteiger partial charge in [-0.25, -0.2) is 9.78 Å². The van der Waals surface area contributed by atoms with Crippen LogP contribution in [0.15, 0.2) is 48.5 Å². The lowest BCUT2D eigenvalue weighted by atomic mass is 9.91. The average Bonchev–Trinajstić information content (AvgIpc) is 2.61. The zero-order valence-corrected chi connectivity index (χ0v) is 16.0. The topological polar surface area (TPSA) is 73.7 Å². The maximum atomic E-state index is 12.0. The third kappa shape index (κ3) is 3.87. The van der Waals surface area contributed by atoms with Gasteiger partial charge in [0.15, 0.2) is 0 Å². The van der Waals surface area contributed by atoms with Gasteiger partial charge in [0.05, 0.1) is 12.2 Å². The Hall–Kier alpha value is -3.08. The number of fused-ring (bicyclic) bond motifs is 1. The van der Waals surface area contributed by atoms with E-state index in [1.807, 2.05) is 64.1 Å². The second-order valence-corrected chi connectivity index (χ2v) is 7.80. The SMILES string of the molecule is Cc1ccc(CN(C(=O)O)c2ccc(O)c3nc(C(C)(C)C)ccc23)cc1. The zero-order valence-electron chi connectivity index (χ0n) is 16.0. The first-order valence-electron chi connectivity index (χ1n) is 8.86. The van der Waals surface area contributed by atoms with Crippen LogP contribution in [0.1, 0.15) is 37.6 Å². The van der Waals surface area contributed by atoms with E-state index in [0.29, 0.717) is 16.6 Å². The Morgan fingerprint density at radius 3 is 2.30 bits per heavy atom. The van der Waals surface area contributed by atoms with Gasteiger partial charge in [0.1, 0.15) is 11.3 Å². The number of aromatic hydroxyl groups is 1. The molecule has 1 aromatic heterocycles. The minimum Gasteiger partial charge on any atom is -0.506 e. The summed E-state index contributed by atoms with van der Waals surface area (Å²) >= 11 is 0. The number of anilines is 1. The number of carboxylic acid groups (broad SMARTS) is 1. The Balaban J connectivity index is 2.11. The molecule has 5 nitrogen and oxygen atoms in total. The van der Waals surface area contributed by atoms with Crippen LogP contribution in [0.3, 0.4) is 0 Å². The summed E-state index contributed by atoms with van der Waals surface area (Å²) < 4.78 is 0. The van der Waals surface area contributed by atoms with Crippen molar-refractivity contribution in [1.82, 2.24) is 4.98 Å². The molecular formula is C22H24N2O3. The van der Waals surface area contributed by atoms with Crippen molar-refractivity contribution in [3.8, 4) is 5.75 Å². The van der Waals surface area contributed by atoms with Crippen LogP contribution in [0.25, 0.3) is 10.9 Å². The first kappa shape index (κ1) is 18.7. The van der Waals surface area contributed by atoms with Crippen molar-refractivity contribution < 1.29 is 15.0 Å². The van der Waals surface area contributed by atoms with Gasteiger partial charge in [-0.2, -0.15) is 0 Å². The summed E-state index contributed by atoms with van der Waals surface area (Å²) in [5.41, 5.74) is 3.59. The van der Waals surface area contributed by atoms with Crippen LogP contribution < -0.4 is 4.90 Å². The predicted octanol–water partition coefficient (Wildman–Crippen LogP) is 5.23. The number of hydrogen-bond donors (Lipinski definition) is 2. The number of pyridine rings is 1. The van der Waals surface area contributed by atoms with Gasteiger partial charge < -0.3 is 10.2 Å². The Morgan fingerprint density at radius 2 is 1.70 bits per heavy atom. The molecule has 0 aliphatic rings. The van der Waals surface area contributed by atoms with E-state index in [1.54, 1.807) is 6.07 Å². The summed E-state index contributed by atoms with van der Waals surface area (Å²) in [5.74, 6) is 0.0422. The summed E-state index contributed by atoms with van der Waals surface area (Å²) in [6.07, 6.45) is -1.05. The fourth-order valence-electron chi connectivity index (χ4n) is 2.97. The van der Waals surface area contributed by atoms with Gasteiger partial charge >= 0.3 is 6.09 Å². The molecule has 0 unspecified atom stereocenters. The summed E-state index contributed by atoms with van der Waals surface area (Å²) in [5, 5.41) is 20.7. The number of aromatic nitrogens is 1. The van der Waals surface area contributed by atoms with E-state index in [9.17, 15) is 15.0 Å². The van der Waals surface area contributed by atoms with Crippen LogP contribution in [0, 0.1) is 6.92 Å². The molecule has 0 bridgehead atoms. The van der Waals surface area contributed by atoms with Crippen molar-refractivity contribution in [2.24, 2.45) is 0 Å². The van der Waals surface area contributed by atoms with Gasteiger partial charge in [-0.1, -0.05) is 50.6 Å². The molecule has 2 aromatic carbocycles. The van der Waals surface area contributed by atoms with E-state index in [0.717, 1.165) is 16.8 Å². The number of phenolic OH excluding ortho intramolecular Hbond substituents is 1. The molecule has 1 heterocycles. The van der Waals surface area contributed by atoms with Crippen molar-refractivity contribution in [2.75, 3.05) is 4.90 Å². The van der Waals surface area contributed by atoms with E-state index in [1.165, 1.54) is 11.0 Å². The van der Waals surface area contributed by atoms with Crippen molar-refractivity contribution in [3.63, 3.8) is 0 Å². The number of nitrogens with zero attached hydrogens (tertiary/aromatic N) is 2. The lowest BCUT2D eigenvalue weighted by Crippen LogP contribution is -2.28. The molecule has 0 saturated heterocycles. The zero-order chi connectivity index (χ0) is 19.8.